The van der Waals surface area contributed by atoms with Crippen molar-refractivity contribution in [2.24, 2.45) is 0 Å². The Hall–Kier alpha value is -3.21. The SMILES string of the molecule is Cc1ccc(CNc2cc(C(=O)NCCc3ccccc3)nc(C)n2)cc1. The van der Waals surface area contributed by atoms with E-state index in [1.54, 1.807) is 13.0 Å². The maximum Gasteiger partial charge on any atom is 0.270 e. The van der Waals surface area contributed by atoms with Crippen LogP contribution in [-0.2, 0) is 13.0 Å². The molecule has 0 bridgehead atoms. The van der Waals surface area contributed by atoms with Gasteiger partial charge in [0.05, 0.1) is 0 Å². The molecule has 5 heteroatoms. The second-order valence-electron chi connectivity index (χ2n) is 6.52. The van der Waals surface area contributed by atoms with Gasteiger partial charge in [-0.05, 0) is 31.4 Å². The average molecular weight is 360 g/mol. The van der Waals surface area contributed by atoms with Crippen LogP contribution in [0.15, 0.2) is 60.7 Å². The molecule has 2 aromatic carbocycles. The minimum atomic E-state index is -0.185. The Morgan fingerprint density at radius 1 is 0.926 bits per heavy atom. The summed E-state index contributed by atoms with van der Waals surface area (Å²) in [5.74, 6) is 1.03. The van der Waals surface area contributed by atoms with Crippen molar-refractivity contribution in [2.45, 2.75) is 26.8 Å². The first-order chi connectivity index (χ1) is 13.1. The number of carbonyl (C=O) groups excluding carboxylic acids is 1. The highest BCUT2D eigenvalue weighted by molar-refractivity contribution is 5.92. The minimum absolute atomic E-state index is 0.185. The van der Waals surface area contributed by atoms with Gasteiger partial charge in [-0.3, -0.25) is 4.79 Å². The van der Waals surface area contributed by atoms with E-state index in [4.69, 9.17) is 0 Å². The van der Waals surface area contributed by atoms with E-state index in [0.29, 0.717) is 30.4 Å². The molecule has 0 aliphatic heterocycles. The first-order valence-electron chi connectivity index (χ1n) is 9.07. The van der Waals surface area contributed by atoms with Gasteiger partial charge in [-0.2, -0.15) is 0 Å². The van der Waals surface area contributed by atoms with Crippen LogP contribution in [0.25, 0.3) is 0 Å². The lowest BCUT2D eigenvalue weighted by atomic mass is 10.1. The van der Waals surface area contributed by atoms with Crippen LogP contribution in [0.5, 0.6) is 0 Å². The second kappa shape index (κ2) is 8.94. The van der Waals surface area contributed by atoms with E-state index in [2.05, 4.69) is 51.8 Å². The first-order valence-corrected chi connectivity index (χ1v) is 9.07. The zero-order chi connectivity index (χ0) is 19.1. The van der Waals surface area contributed by atoms with Gasteiger partial charge < -0.3 is 10.6 Å². The maximum absolute atomic E-state index is 12.4. The summed E-state index contributed by atoms with van der Waals surface area (Å²) < 4.78 is 0. The van der Waals surface area contributed by atoms with Crippen molar-refractivity contribution in [1.82, 2.24) is 15.3 Å². The van der Waals surface area contributed by atoms with Gasteiger partial charge in [0, 0.05) is 19.2 Å². The van der Waals surface area contributed by atoms with Gasteiger partial charge in [-0.15, -0.1) is 0 Å². The number of benzene rings is 2. The Labute approximate surface area is 159 Å². The van der Waals surface area contributed by atoms with E-state index in [9.17, 15) is 4.79 Å². The van der Waals surface area contributed by atoms with Crippen LogP contribution in [0.2, 0.25) is 0 Å². The number of nitrogens with zero attached hydrogens (tertiary/aromatic N) is 2. The van der Waals surface area contributed by atoms with E-state index in [1.165, 1.54) is 11.1 Å². The summed E-state index contributed by atoms with van der Waals surface area (Å²) in [5.41, 5.74) is 3.95. The molecule has 1 heterocycles. The molecular formula is C22H24N4O. The van der Waals surface area contributed by atoms with Crippen molar-refractivity contribution in [3.63, 3.8) is 0 Å². The van der Waals surface area contributed by atoms with Gasteiger partial charge in [0.2, 0.25) is 0 Å². The van der Waals surface area contributed by atoms with Gasteiger partial charge in [-0.25, -0.2) is 9.97 Å². The largest absolute Gasteiger partial charge is 0.366 e. The lowest BCUT2D eigenvalue weighted by molar-refractivity contribution is 0.0949. The maximum atomic E-state index is 12.4. The molecule has 0 fully saturated rings. The predicted octanol–water partition coefficient (Wildman–Crippen LogP) is 3.68. The summed E-state index contributed by atoms with van der Waals surface area (Å²) in [4.78, 5) is 21.1. The van der Waals surface area contributed by atoms with Crippen LogP contribution in [0, 0.1) is 13.8 Å². The standard InChI is InChI=1S/C22H24N4O/c1-16-8-10-19(11-9-16)15-24-21-14-20(25-17(2)26-21)22(27)23-13-12-18-6-4-3-5-7-18/h3-11,14H,12-13,15H2,1-2H3,(H,23,27)(H,24,25,26). The van der Waals surface area contributed by atoms with Crippen LogP contribution in [0.1, 0.15) is 33.0 Å². The number of hydrogen-bond acceptors (Lipinski definition) is 4. The van der Waals surface area contributed by atoms with Crippen molar-refractivity contribution in [3.8, 4) is 0 Å². The lowest BCUT2D eigenvalue weighted by Gasteiger charge is -2.10. The highest BCUT2D eigenvalue weighted by Gasteiger charge is 2.10. The molecule has 0 radical (unpaired) electrons. The van der Waals surface area contributed by atoms with Crippen molar-refractivity contribution >= 4 is 11.7 Å². The fraction of sp³-hybridized carbons (Fsp3) is 0.227. The number of rotatable bonds is 7. The van der Waals surface area contributed by atoms with Crippen LogP contribution >= 0.6 is 0 Å². The third kappa shape index (κ3) is 5.64. The highest BCUT2D eigenvalue weighted by Crippen LogP contribution is 2.10. The molecule has 138 valence electrons. The molecule has 0 spiro atoms. The van der Waals surface area contributed by atoms with Gasteiger partial charge in [0.1, 0.15) is 17.3 Å². The molecule has 0 saturated carbocycles. The Balaban J connectivity index is 1.58. The molecule has 0 atom stereocenters. The van der Waals surface area contributed by atoms with E-state index >= 15 is 0 Å². The van der Waals surface area contributed by atoms with Crippen molar-refractivity contribution in [2.75, 3.05) is 11.9 Å². The number of nitrogens with one attached hydrogen (secondary N) is 2. The van der Waals surface area contributed by atoms with Crippen molar-refractivity contribution in [3.05, 3.63) is 88.9 Å². The number of aryl methyl sites for hydroxylation is 2. The molecule has 2 N–H and O–H groups in total. The number of carbonyl (C=O) groups is 1. The fourth-order valence-electron chi connectivity index (χ4n) is 2.73. The van der Waals surface area contributed by atoms with Crippen LogP contribution in [0.4, 0.5) is 5.82 Å². The zero-order valence-corrected chi connectivity index (χ0v) is 15.7. The Kier molecular flexibility index (Phi) is 6.15. The van der Waals surface area contributed by atoms with E-state index < -0.39 is 0 Å². The summed E-state index contributed by atoms with van der Waals surface area (Å²) in [6.07, 6.45) is 0.787. The van der Waals surface area contributed by atoms with Crippen molar-refractivity contribution < 1.29 is 4.79 Å². The van der Waals surface area contributed by atoms with E-state index in [1.807, 2.05) is 30.3 Å². The van der Waals surface area contributed by atoms with Gasteiger partial charge in [0.25, 0.3) is 5.91 Å². The summed E-state index contributed by atoms with van der Waals surface area (Å²) in [6.45, 7) is 5.06. The normalized spacial score (nSPS) is 10.4. The zero-order valence-electron chi connectivity index (χ0n) is 15.7. The topological polar surface area (TPSA) is 66.9 Å². The smallest absolute Gasteiger partial charge is 0.270 e. The van der Waals surface area contributed by atoms with E-state index in [0.717, 1.165) is 12.0 Å². The number of amides is 1. The average Bonchev–Trinajstić information content (AvgIpc) is 2.68. The molecule has 5 nitrogen and oxygen atoms in total. The first kappa shape index (κ1) is 18.6. The molecule has 0 aliphatic rings. The minimum Gasteiger partial charge on any atom is -0.366 e. The second-order valence-corrected chi connectivity index (χ2v) is 6.52. The van der Waals surface area contributed by atoms with Gasteiger partial charge >= 0.3 is 0 Å². The summed E-state index contributed by atoms with van der Waals surface area (Å²) >= 11 is 0. The lowest BCUT2D eigenvalue weighted by Crippen LogP contribution is -2.27. The summed E-state index contributed by atoms with van der Waals surface area (Å²) in [6, 6.07) is 20.1. The molecule has 1 aromatic heterocycles. The van der Waals surface area contributed by atoms with Gasteiger partial charge in [0.15, 0.2) is 0 Å². The number of hydrogen-bond donors (Lipinski definition) is 2. The molecule has 0 aliphatic carbocycles. The molecule has 3 aromatic rings. The molecule has 27 heavy (non-hydrogen) atoms. The molecule has 0 unspecified atom stereocenters. The van der Waals surface area contributed by atoms with Crippen LogP contribution < -0.4 is 10.6 Å². The Morgan fingerprint density at radius 2 is 1.67 bits per heavy atom. The van der Waals surface area contributed by atoms with E-state index in [-0.39, 0.29) is 5.91 Å². The number of aromatic nitrogens is 2. The molecule has 0 saturated heterocycles. The predicted molar refractivity (Wildman–Crippen MR) is 108 cm³/mol. The fourth-order valence-corrected chi connectivity index (χ4v) is 2.73. The van der Waals surface area contributed by atoms with Gasteiger partial charge in [-0.1, -0.05) is 60.2 Å². The summed E-state index contributed by atoms with van der Waals surface area (Å²) in [5, 5.41) is 6.19. The van der Waals surface area contributed by atoms with Crippen molar-refractivity contribution in [1.29, 1.82) is 0 Å². The van der Waals surface area contributed by atoms with Crippen LogP contribution in [-0.4, -0.2) is 22.4 Å². The molecule has 1 amide bonds. The molecular weight excluding hydrogens is 336 g/mol. The Morgan fingerprint density at radius 3 is 2.41 bits per heavy atom. The van der Waals surface area contributed by atoms with Crippen LogP contribution in [0.3, 0.4) is 0 Å². The Bertz CT molecular complexity index is 892. The summed E-state index contributed by atoms with van der Waals surface area (Å²) in [7, 11) is 0. The molecule has 3 rings (SSSR count). The third-order valence-corrected chi connectivity index (χ3v) is 4.21. The highest BCUT2D eigenvalue weighted by atomic mass is 16.1. The number of anilines is 1. The third-order valence-electron chi connectivity index (χ3n) is 4.21. The monoisotopic (exact) mass is 360 g/mol. The quantitative estimate of drug-likeness (QED) is 0.674.